The van der Waals surface area contributed by atoms with Crippen molar-refractivity contribution < 1.29 is 0 Å². The van der Waals surface area contributed by atoms with Crippen LogP contribution in [0.1, 0.15) is 0 Å². The van der Waals surface area contributed by atoms with Crippen LogP contribution in [0.25, 0.3) is 134 Å². The fourth-order valence-corrected chi connectivity index (χ4v) is 10.6. The molecule has 6 nitrogen and oxygen atoms in total. The van der Waals surface area contributed by atoms with E-state index in [1.165, 1.54) is 10.8 Å². The summed E-state index contributed by atoms with van der Waals surface area (Å²) in [6, 6.07) is 94.0. The number of aromatic nitrogens is 6. The van der Waals surface area contributed by atoms with Crippen LogP contribution in [0.15, 0.2) is 267 Å². The summed E-state index contributed by atoms with van der Waals surface area (Å²) in [6.07, 6.45) is 0. The zero-order valence-corrected chi connectivity index (χ0v) is 40.1. The lowest BCUT2D eigenvalue weighted by atomic mass is 10.0. The summed E-state index contributed by atoms with van der Waals surface area (Å²) in [5.41, 5.74) is 18.7. The van der Waals surface area contributed by atoms with Gasteiger partial charge in [-0.15, -0.1) is 0 Å². The van der Waals surface area contributed by atoms with Gasteiger partial charge in [-0.25, -0.2) is 19.9 Å². The molecule has 74 heavy (non-hydrogen) atoms. The Morgan fingerprint density at radius 1 is 0.216 bits per heavy atom. The number of fused-ring (bicyclic) bond motifs is 6. The lowest BCUT2D eigenvalue weighted by Gasteiger charge is -2.12. The highest BCUT2D eigenvalue weighted by Gasteiger charge is 2.19. The maximum absolute atomic E-state index is 5.25. The van der Waals surface area contributed by atoms with Crippen molar-refractivity contribution in [3.05, 3.63) is 267 Å². The minimum atomic E-state index is 0.634. The van der Waals surface area contributed by atoms with E-state index in [2.05, 4.69) is 228 Å². The maximum atomic E-state index is 5.25. The fourth-order valence-electron chi connectivity index (χ4n) is 10.6. The van der Waals surface area contributed by atoms with Gasteiger partial charge in [0.15, 0.2) is 5.82 Å². The normalized spacial score (nSPS) is 11.5. The monoisotopic (exact) mass is 944 g/mol. The molecular formula is C68H44N6. The first-order chi connectivity index (χ1) is 36.7. The standard InChI is InChI=1S/C68H44N6/c1-5-18-46(19-6-1)59-43-60(47-20-7-2-8-21-47)70-67(69-59)50-34-32-45(33-35-50)52-36-38-65-57(41-52)55-28-13-15-30-63(55)73(65)54-27-17-26-51(40-54)53-37-39-66-58(42-53)56-29-14-16-31-64(56)74(66)68-71-61(48-22-9-3-10-23-48)44-62(72-68)49-24-11-4-12-25-49/h1-44H. The Kier molecular flexibility index (Phi) is 10.4. The van der Waals surface area contributed by atoms with E-state index in [0.29, 0.717) is 11.8 Å². The zero-order valence-electron chi connectivity index (χ0n) is 40.1. The molecule has 6 heteroatoms. The van der Waals surface area contributed by atoms with Crippen LogP contribution in [0, 0.1) is 0 Å². The van der Waals surface area contributed by atoms with Crippen LogP contribution in [0.4, 0.5) is 0 Å². The molecule has 0 bridgehead atoms. The Bertz CT molecular complexity index is 4280. The molecule has 0 N–H and O–H groups in total. The molecule has 0 atom stereocenters. The van der Waals surface area contributed by atoms with Crippen LogP contribution < -0.4 is 0 Å². The number of hydrogen-bond donors (Lipinski definition) is 0. The quantitative estimate of drug-likeness (QED) is 0.145. The first-order valence-corrected chi connectivity index (χ1v) is 25.0. The lowest BCUT2D eigenvalue weighted by Crippen LogP contribution is -2.04. The Morgan fingerprint density at radius 2 is 0.581 bits per heavy atom. The van der Waals surface area contributed by atoms with Crippen molar-refractivity contribution in [2.75, 3.05) is 0 Å². The average molecular weight is 945 g/mol. The predicted molar refractivity (Wildman–Crippen MR) is 304 cm³/mol. The molecule has 4 aromatic heterocycles. The third kappa shape index (κ3) is 7.61. The number of benzene rings is 10. The molecule has 0 spiro atoms. The second-order valence-corrected chi connectivity index (χ2v) is 18.7. The summed E-state index contributed by atoms with van der Waals surface area (Å²) in [6.45, 7) is 0. The van der Waals surface area contributed by atoms with E-state index < -0.39 is 0 Å². The van der Waals surface area contributed by atoms with Crippen LogP contribution in [0.2, 0.25) is 0 Å². The molecule has 0 radical (unpaired) electrons. The lowest BCUT2D eigenvalue weighted by molar-refractivity contribution is 0.995. The van der Waals surface area contributed by atoms with Gasteiger partial charge in [0.05, 0.1) is 44.8 Å². The number of hydrogen-bond acceptors (Lipinski definition) is 4. The molecule has 10 aromatic carbocycles. The second kappa shape index (κ2) is 18.0. The highest BCUT2D eigenvalue weighted by Crippen LogP contribution is 2.39. The van der Waals surface area contributed by atoms with Crippen molar-refractivity contribution >= 4 is 43.6 Å². The predicted octanol–water partition coefficient (Wildman–Crippen LogP) is 17.1. The summed E-state index contributed by atoms with van der Waals surface area (Å²) in [7, 11) is 0. The average Bonchev–Trinajstić information content (AvgIpc) is 4.00. The molecule has 0 saturated heterocycles. The van der Waals surface area contributed by atoms with E-state index in [4.69, 9.17) is 19.9 Å². The maximum Gasteiger partial charge on any atom is 0.235 e. The van der Waals surface area contributed by atoms with Gasteiger partial charge in [-0.2, -0.15) is 0 Å². The van der Waals surface area contributed by atoms with Crippen LogP contribution in [0.5, 0.6) is 0 Å². The molecule has 0 saturated carbocycles. The third-order valence-corrected chi connectivity index (χ3v) is 14.2. The summed E-state index contributed by atoms with van der Waals surface area (Å²) >= 11 is 0. The minimum absolute atomic E-state index is 0.634. The van der Waals surface area contributed by atoms with Gasteiger partial charge in [-0.05, 0) is 82.9 Å². The van der Waals surface area contributed by atoms with Gasteiger partial charge in [0, 0.05) is 55.0 Å². The van der Waals surface area contributed by atoms with E-state index >= 15 is 0 Å². The highest BCUT2D eigenvalue weighted by molar-refractivity contribution is 6.12. The van der Waals surface area contributed by atoms with Gasteiger partial charge in [0.25, 0.3) is 0 Å². The Hall–Kier alpha value is -10.0. The van der Waals surface area contributed by atoms with Crippen molar-refractivity contribution in [1.29, 1.82) is 0 Å². The summed E-state index contributed by atoms with van der Waals surface area (Å²) in [5, 5.41) is 4.68. The molecule has 0 unspecified atom stereocenters. The second-order valence-electron chi connectivity index (χ2n) is 18.7. The van der Waals surface area contributed by atoms with Crippen molar-refractivity contribution in [2.45, 2.75) is 0 Å². The summed E-state index contributed by atoms with van der Waals surface area (Å²) in [4.78, 5) is 20.6. The van der Waals surface area contributed by atoms with E-state index in [9.17, 15) is 0 Å². The van der Waals surface area contributed by atoms with Gasteiger partial charge in [-0.3, -0.25) is 4.57 Å². The molecular weight excluding hydrogens is 901 g/mol. The number of nitrogens with zero attached hydrogens (tertiary/aromatic N) is 6. The van der Waals surface area contributed by atoms with Crippen LogP contribution >= 0.6 is 0 Å². The highest BCUT2D eigenvalue weighted by atomic mass is 15.2. The SMILES string of the molecule is c1ccc(-c2cc(-c3ccccc3)nc(-c3ccc(-c4ccc5c(c4)c4ccccc4n5-c4cccc(-c5ccc6c(c5)c5ccccc5n6-c5nc(-c6ccccc6)cc(-c6ccccc6)n5)c4)cc3)n2)cc1. The first kappa shape index (κ1) is 42.8. The van der Waals surface area contributed by atoms with Crippen LogP contribution in [-0.4, -0.2) is 29.1 Å². The Morgan fingerprint density at radius 3 is 1.09 bits per heavy atom. The molecule has 14 rings (SSSR count). The molecule has 0 aliphatic carbocycles. The Labute approximate surface area is 427 Å². The van der Waals surface area contributed by atoms with Gasteiger partial charge >= 0.3 is 0 Å². The molecule has 14 aromatic rings. The number of rotatable bonds is 9. The minimum Gasteiger partial charge on any atom is -0.309 e. The third-order valence-electron chi connectivity index (χ3n) is 14.2. The van der Waals surface area contributed by atoms with Gasteiger partial charge in [-0.1, -0.05) is 206 Å². The van der Waals surface area contributed by atoms with Crippen LogP contribution in [0.3, 0.4) is 0 Å². The van der Waals surface area contributed by atoms with Gasteiger partial charge in [0.2, 0.25) is 5.95 Å². The van der Waals surface area contributed by atoms with E-state index in [-0.39, 0.29) is 0 Å². The number of para-hydroxylation sites is 2. The summed E-state index contributed by atoms with van der Waals surface area (Å²) < 4.78 is 4.61. The fraction of sp³-hybridized carbons (Fsp3) is 0. The van der Waals surface area contributed by atoms with Crippen molar-refractivity contribution in [3.63, 3.8) is 0 Å². The molecule has 0 fully saturated rings. The van der Waals surface area contributed by atoms with E-state index in [1.807, 2.05) is 48.5 Å². The smallest absolute Gasteiger partial charge is 0.235 e. The topological polar surface area (TPSA) is 61.4 Å². The Balaban J connectivity index is 0.829. The largest absolute Gasteiger partial charge is 0.309 e. The molecule has 346 valence electrons. The molecule has 0 amide bonds. The van der Waals surface area contributed by atoms with Crippen LogP contribution in [-0.2, 0) is 0 Å². The van der Waals surface area contributed by atoms with Gasteiger partial charge < -0.3 is 4.57 Å². The zero-order chi connectivity index (χ0) is 49.0. The van der Waals surface area contributed by atoms with E-state index in [1.54, 1.807) is 0 Å². The molecule has 4 heterocycles. The molecule has 0 aliphatic heterocycles. The van der Waals surface area contributed by atoms with Crippen molar-refractivity contribution in [1.82, 2.24) is 29.1 Å². The van der Waals surface area contributed by atoms with E-state index in [0.717, 1.165) is 111 Å². The summed E-state index contributed by atoms with van der Waals surface area (Å²) in [5.74, 6) is 1.33. The van der Waals surface area contributed by atoms with Crippen molar-refractivity contribution in [3.8, 4) is 90.3 Å². The van der Waals surface area contributed by atoms with Crippen molar-refractivity contribution in [2.24, 2.45) is 0 Å². The molecule has 0 aliphatic rings. The van der Waals surface area contributed by atoms with Gasteiger partial charge in [0.1, 0.15) is 0 Å². The first-order valence-electron chi connectivity index (χ1n) is 25.0.